The molecule has 25 heavy (non-hydrogen) atoms. The predicted octanol–water partition coefficient (Wildman–Crippen LogP) is -1.48. The van der Waals surface area contributed by atoms with Crippen molar-refractivity contribution in [1.82, 2.24) is 9.55 Å². The second-order valence-corrected chi connectivity index (χ2v) is 7.98. The average molecular weight is 456 g/mol. The van der Waals surface area contributed by atoms with Gasteiger partial charge in [0.1, 0.15) is 0 Å². The van der Waals surface area contributed by atoms with E-state index in [0.717, 1.165) is 3.61 Å². The standard InChI is InChI=1S/C17H16N2O5Te/c20-10-14-13(21)8-15(24-14)19-9-11(16(22)18-17(19)23)6-7-25-12-4-2-1-3-5-12/h1-5,9,13-15,20-21H,8,10H2,(H,18,22,23)/t13?,14-,15-/m0/s1. The number of aliphatic hydroxyl groups excluding tert-OH is 2. The number of nitrogens with one attached hydrogen (secondary N) is 1. The number of hydrogen-bond donors (Lipinski definition) is 3. The fourth-order valence-corrected chi connectivity index (χ4v) is 4.10. The molecule has 1 aromatic carbocycles. The SMILES string of the molecule is O=c1[nH]c(=O)n([C@@H]2CC(O)[C@H](CO)O2)cc1C#C[Te]c1ccccc1. The van der Waals surface area contributed by atoms with E-state index < -0.39 is 50.6 Å². The van der Waals surface area contributed by atoms with Crippen molar-refractivity contribution < 1.29 is 14.9 Å². The molecule has 0 amide bonds. The van der Waals surface area contributed by atoms with Gasteiger partial charge in [0.2, 0.25) is 0 Å². The Morgan fingerprint density at radius 3 is 2.76 bits per heavy atom. The van der Waals surface area contributed by atoms with E-state index >= 15 is 0 Å². The van der Waals surface area contributed by atoms with Crippen molar-refractivity contribution in [1.29, 1.82) is 0 Å². The summed E-state index contributed by atoms with van der Waals surface area (Å²) in [6.07, 6.45) is -0.856. The molecule has 2 heterocycles. The van der Waals surface area contributed by atoms with Crippen LogP contribution < -0.4 is 14.9 Å². The summed E-state index contributed by atoms with van der Waals surface area (Å²) in [7, 11) is 0. The second-order valence-electron chi connectivity index (χ2n) is 5.47. The van der Waals surface area contributed by atoms with Crippen molar-refractivity contribution in [2.24, 2.45) is 0 Å². The summed E-state index contributed by atoms with van der Waals surface area (Å²) in [6.45, 7) is -0.343. The Morgan fingerprint density at radius 1 is 1.32 bits per heavy atom. The molecule has 3 atom stereocenters. The third-order valence-electron chi connectivity index (χ3n) is 3.76. The summed E-state index contributed by atoms with van der Waals surface area (Å²) in [5.74, 6) is 2.83. The summed E-state index contributed by atoms with van der Waals surface area (Å²) in [5.41, 5.74) is -1.01. The number of aromatic amines is 1. The van der Waals surface area contributed by atoms with Crippen LogP contribution >= 0.6 is 0 Å². The number of H-pyrrole nitrogens is 1. The maximum atomic E-state index is 12.0. The van der Waals surface area contributed by atoms with Crippen LogP contribution in [0.3, 0.4) is 0 Å². The van der Waals surface area contributed by atoms with Crippen LogP contribution in [0.5, 0.6) is 0 Å². The van der Waals surface area contributed by atoms with Crippen LogP contribution in [0.1, 0.15) is 18.2 Å². The van der Waals surface area contributed by atoms with E-state index in [1.54, 1.807) is 0 Å². The van der Waals surface area contributed by atoms with E-state index in [1.165, 1.54) is 10.8 Å². The summed E-state index contributed by atoms with van der Waals surface area (Å²) >= 11 is -0.753. The van der Waals surface area contributed by atoms with Gasteiger partial charge in [0, 0.05) is 0 Å². The Bertz CT molecular complexity index is 912. The molecular weight excluding hydrogens is 440 g/mol. The van der Waals surface area contributed by atoms with E-state index in [9.17, 15) is 14.7 Å². The number of aromatic nitrogens is 2. The maximum absolute atomic E-state index is 12.0. The molecule has 1 aromatic heterocycles. The number of rotatable bonds is 3. The molecule has 3 rings (SSSR count). The summed E-state index contributed by atoms with van der Waals surface area (Å²) in [6, 6.07) is 9.79. The monoisotopic (exact) mass is 458 g/mol. The van der Waals surface area contributed by atoms with E-state index in [0.29, 0.717) is 0 Å². The zero-order chi connectivity index (χ0) is 17.8. The van der Waals surface area contributed by atoms with Crippen LogP contribution in [0.2, 0.25) is 0 Å². The molecule has 0 aliphatic carbocycles. The van der Waals surface area contributed by atoms with Crippen molar-refractivity contribution in [3.8, 4) is 9.89 Å². The van der Waals surface area contributed by atoms with Crippen LogP contribution in [0.4, 0.5) is 0 Å². The first-order valence-electron chi connectivity index (χ1n) is 7.61. The Balaban J connectivity index is 1.85. The van der Waals surface area contributed by atoms with Crippen molar-refractivity contribution in [2.45, 2.75) is 24.9 Å². The predicted molar refractivity (Wildman–Crippen MR) is 91.7 cm³/mol. The number of benzene rings is 1. The van der Waals surface area contributed by atoms with Gasteiger partial charge in [-0.15, -0.1) is 0 Å². The Labute approximate surface area is 153 Å². The molecule has 1 aliphatic heterocycles. The summed E-state index contributed by atoms with van der Waals surface area (Å²) < 4.78 is 10.9. The van der Waals surface area contributed by atoms with Gasteiger partial charge < -0.3 is 0 Å². The van der Waals surface area contributed by atoms with Crippen LogP contribution in [0.25, 0.3) is 0 Å². The molecule has 0 spiro atoms. The third kappa shape index (κ3) is 4.21. The topological polar surface area (TPSA) is 105 Å². The normalized spacial score (nSPS) is 22.4. The molecule has 1 unspecified atom stereocenters. The Morgan fingerprint density at radius 2 is 2.08 bits per heavy atom. The van der Waals surface area contributed by atoms with Gasteiger partial charge in [-0.1, -0.05) is 0 Å². The first-order chi connectivity index (χ1) is 12.1. The van der Waals surface area contributed by atoms with Crippen molar-refractivity contribution in [3.63, 3.8) is 0 Å². The van der Waals surface area contributed by atoms with Gasteiger partial charge in [-0.2, -0.15) is 0 Å². The molecule has 2 aromatic rings. The fourth-order valence-electron chi connectivity index (χ4n) is 2.47. The number of hydrogen-bond acceptors (Lipinski definition) is 5. The van der Waals surface area contributed by atoms with E-state index in [-0.39, 0.29) is 18.6 Å². The van der Waals surface area contributed by atoms with Gasteiger partial charge in [-0.3, -0.25) is 0 Å². The van der Waals surface area contributed by atoms with E-state index in [4.69, 9.17) is 9.84 Å². The van der Waals surface area contributed by atoms with Crippen LogP contribution in [-0.4, -0.2) is 59.5 Å². The molecule has 0 saturated carbocycles. The van der Waals surface area contributed by atoms with E-state index in [2.05, 4.69) is 14.9 Å². The number of ether oxygens (including phenoxy) is 1. The second kappa shape index (κ2) is 8.01. The molecule has 8 heteroatoms. The Hall–Kier alpha value is -1.87. The third-order valence-corrected chi connectivity index (χ3v) is 5.79. The molecule has 1 aliphatic rings. The zero-order valence-electron chi connectivity index (χ0n) is 13.1. The van der Waals surface area contributed by atoms with Gasteiger partial charge in [-0.25, -0.2) is 0 Å². The quantitative estimate of drug-likeness (QED) is 0.386. The molecular formula is C17H16N2O5Te. The Kier molecular flexibility index (Phi) is 5.74. The van der Waals surface area contributed by atoms with Gasteiger partial charge in [-0.05, 0) is 0 Å². The minimum absolute atomic E-state index is 0.155. The summed E-state index contributed by atoms with van der Waals surface area (Å²) in [4.78, 5) is 26.2. The van der Waals surface area contributed by atoms with Crippen LogP contribution in [-0.2, 0) is 4.74 Å². The minimum atomic E-state index is -0.867. The van der Waals surface area contributed by atoms with Gasteiger partial charge in [0.15, 0.2) is 0 Å². The van der Waals surface area contributed by atoms with Crippen LogP contribution in [0, 0.1) is 9.89 Å². The summed E-state index contributed by atoms with van der Waals surface area (Å²) in [5, 5.41) is 19.0. The molecule has 130 valence electrons. The van der Waals surface area contributed by atoms with E-state index in [1.807, 2.05) is 30.3 Å². The fraction of sp³-hybridized carbons (Fsp3) is 0.294. The van der Waals surface area contributed by atoms with Gasteiger partial charge in [0.05, 0.1) is 0 Å². The molecule has 1 fully saturated rings. The molecule has 1 saturated heterocycles. The molecule has 7 nitrogen and oxygen atoms in total. The van der Waals surface area contributed by atoms with Gasteiger partial charge in [0.25, 0.3) is 0 Å². The van der Waals surface area contributed by atoms with Crippen molar-refractivity contribution >= 4 is 24.5 Å². The first kappa shape index (κ1) is 17.9. The van der Waals surface area contributed by atoms with Crippen LogP contribution in [0.15, 0.2) is 46.1 Å². The van der Waals surface area contributed by atoms with Crippen molar-refractivity contribution in [2.75, 3.05) is 6.61 Å². The molecule has 3 N–H and O–H groups in total. The number of nitrogens with zero attached hydrogens (tertiary/aromatic N) is 1. The number of aliphatic hydroxyl groups is 2. The molecule has 0 radical (unpaired) electrons. The van der Waals surface area contributed by atoms with Gasteiger partial charge >= 0.3 is 153 Å². The first-order valence-corrected chi connectivity index (χ1v) is 9.94. The average Bonchev–Trinajstić information content (AvgIpc) is 2.98. The van der Waals surface area contributed by atoms with Crippen molar-refractivity contribution in [3.05, 3.63) is 62.9 Å². The zero-order valence-corrected chi connectivity index (χ0v) is 15.4. The molecule has 0 bridgehead atoms.